The highest BCUT2D eigenvalue weighted by molar-refractivity contribution is 5.89. The molecule has 0 bridgehead atoms. The second-order valence-electron chi connectivity index (χ2n) is 7.99. The topological polar surface area (TPSA) is 86.7 Å². The number of likely N-dealkylation sites (tertiary alicyclic amines) is 2. The maximum absolute atomic E-state index is 12.8. The molecule has 4 rings (SSSR count). The molecule has 8 nitrogen and oxygen atoms in total. The molecule has 2 atom stereocenters. The number of rotatable bonds is 3. The van der Waals surface area contributed by atoms with Crippen molar-refractivity contribution in [3.8, 4) is 0 Å². The van der Waals surface area contributed by atoms with Gasteiger partial charge in [-0.1, -0.05) is 0 Å². The molecule has 0 aliphatic carbocycles. The predicted octanol–water partition coefficient (Wildman–Crippen LogP) is 0.565. The van der Waals surface area contributed by atoms with Gasteiger partial charge in [-0.15, -0.1) is 0 Å². The van der Waals surface area contributed by atoms with Gasteiger partial charge >= 0.3 is 0 Å². The molecule has 8 heteroatoms. The Hall–Kier alpha value is -2.51. The Labute approximate surface area is 164 Å². The summed E-state index contributed by atoms with van der Waals surface area (Å²) in [5.74, 6) is 0.957. The molecule has 0 saturated carbocycles. The summed E-state index contributed by atoms with van der Waals surface area (Å²) < 4.78 is 0. The van der Waals surface area contributed by atoms with E-state index < -0.39 is 0 Å². The van der Waals surface area contributed by atoms with E-state index in [9.17, 15) is 14.4 Å². The molecular weight excluding hydrogens is 358 g/mol. The fraction of sp³-hybridized carbons (Fsp3) is 0.650. The number of hydrogen-bond donors (Lipinski definition) is 0. The van der Waals surface area contributed by atoms with Crippen molar-refractivity contribution in [2.75, 3.05) is 32.7 Å². The minimum absolute atomic E-state index is 0.0757. The Morgan fingerprint density at radius 3 is 2.75 bits per heavy atom. The first kappa shape index (κ1) is 18.8. The van der Waals surface area contributed by atoms with Gasteiger partial charge in [0.15, 0.2) is 0 Å². The van der Waals surface area contributed by atoms with E-state index in [2.05, 4.69) is 4.98 Å². The van der Waals surface area contributed by atoms with E-state index in [4.69, 9.17) is 4.98 Å². The van der Waals surface area contributed by atoms with Crippen LogP contribution in [0.15, 0.2) is 6.20 Å². The first-order chi connectivity index (χ1) is 13.5. The van der Waals surface area contributed by atoms with E-state index in [-0.39, 0.29) is 29.6 Å². The number of amides is 3. The van der Waals surface area contributed by atoms with Gasteiger partial charge in [-0.25, -0.2) is 9.97 Å². The van der Waals surface area contributed by atoms with Crippen molar-refractivity contribution in [1.82, 2.24) is 24.7 Å². The fourth-order valence-corrected chi connectivity index (χ4v) is 4.47. The Morgan fingerprint density at radius 1 is 1.21 bits per heavy atom. The SMILES string of the molecule is CCN1C[C@H](C(=O)N2CC[C@@H](c3ncc4c(n3)CCN(C(C)=O)C4)C2)CC1=O. The summed E-state index contributed by atoms with van der Waals surface area (Å²) in [5.41, 5.74) is 2.03. The average Bonchev–Trinajstić information content (AvgIpc) is 3.33. The lowest BCUT2D eigenvalue weighted by Crippen LogP contribution is -2.36. The van der Waals surface area contributed by atoms with Gasteiger partial charge in [-0.3, -0.25) is 14.4 Å². The first-order valence-corrected chi connectivity index (χ1v) is 10.1. The quantitative estimate of drug-likeness (QED) is 0.759. The van der Waals surface area contributed by atoms with Crippen molar-refractivity contribution in [1.29, 1.82) is 0 Å². The largest absolute Gasteiger partial charge is 0.342 e. The first-order valence-electron chi connectivity index (χ1n) is 10.1. The predicted molar refractivity (Wildman–Crippen MR) is 101 cm³/mol. The van der Waals surface area contributed by atoms with Gasteiger partial charge in [-0.2, -0.15) is 0 Å². The van der Waals surface area contributed by atoms with Gasteiger partial charge in [-0.05, 0) is 13.3 Å². The van der Waals surface area contributed by atoms with Gasteiger partial charge in [0.1, 0.15) is 5.82 Å². The van der Waals surface area contributed by atoms with E-state index in [1.54, 1.807) is 11.8 Å². The van der Waals surface area contributed by atoms with Crippen LogP contribution < -0.4 is 0 Å². The lowest BCUT2D eigenvalue weighted by molar-refractivity contribution is -0.134. The van der Waals surface area contributed by atoms with Crippen molar-refractivity contribution in [2.24, 2.45) is 5.92 Å². The summed E-state index contributed by atoms with van der Waals surface area (Å²) in [6.45, 7) is 7.31. The van der Waals surface area contributed by atoms with Crippen molar-refractivity contribution in [3.05, 3.63) is 23.3 Å². The molecule has 28 heavy (non-hydrogen) atoms. The lowest BCUT2D eigenvalue weighted by Gasteiger charge is -2.27. The van der Waals surface area contributed by atoms with Crippen LogP contribution in [0.25, 0.3) is 0 Å². The van der Waals surface area contributed by atoms with Crippen LogP contribution in [0, 0.1) is 5.92 Å². The van der Waals surface area contributed by atoms with Crippen LogP contribution >= 0.6 is 0 Å². The van der Waals surface area contributed by atoms with Crippen LogP contribution in [-0.2, 0) is 27.3 Å². The molecule has 0 radical (unpaired) electrons. The molecule has 3 aliphatic rings. The van der Waals surface area contributed by atoms with Gasteiger partial charge in [0.05, 0.1) is 11.6 Å². The number of nitrogens with zero attached hydrogens (tertiary/aromatic N) is 5. The third-order valence-electron chi connectivity index (χ3n) is 6.21. The van der Waals surface area contributed by atoms with Crippen molar-refractivity contribution >= 4 is 17.7 Å². The maximum atomic E-state index is 12.8. The van der Waals surface area contributed by atoms with Gasteiger partial charge in [0.2, 0.25) is 17.7 Å². The van der Waals surface area contributed by atoms with Crippen LogP contribution in [0.4, 0.5) is 0 Å². The lowest BCUT2D eigenvalue weighted by atomic mass is 10.0. The van der Waals surface area contributed by atoms with E-state index in [1.807, 2.05) is 22.9 Å². The highest BCUT2D eigenvalue weighted by Gasteiger charge is 2.38. The zero-order valence-corrected chi connectivity index (χ0v) is 16.6. The van der Waals surface area contributed by atoms with Crippen molar-refractivity contribution in [3.63, 3.8) is 0 Å². The summed E-state index contributed by atoms with van der Waals surface area (Å²) in [6.07, 6.45) is 3.76. The van der Waals surface area contributed by atoms with E-state index >= 15 is 0 Å². The molecule has 0 N–H and O–H groups in total. The highest BCUT2D eigenvalue weighted by Crippen LogP contribution is 2.29. The summed E-state index contributed by atoms with van der Waals surface area (Å²) in [6, 6.07) is 0. The van der Waals surface area contributed by atoms with Crippen molar-refractivity contribution in [2.45, 2.75) is 45.6 Å². The Kier molecular flexibility index (Phi) is 5.03. The molecule has 4 heterocycles. The smallest absolute Gasteiger partial charge is 0.228 e. The molecule has 2 saturated heterocycles. The zero-order chi connectivity index (χ0) is 19.8. The standard InChI is InChI=1S/C20H27N5O3/c1-3-23-11-15(8-18(23)27)20(28)25-6-4-14(10-25)19-21-9-16-12-24(13(2)26)7-5-17(16)22-19/h9,14-15H,3-8,10-12H2,1-2H3/t14-,15-/m1/s1. The summed E-state index contributed by atoms with van der Waals surface area (Å²) in [5, 5.41) is 0. The molecule has 0 unspecified atom stereocenters. The fourth-order valence-electron chi connectivity index (χ4n) is 4.47. The number of aromatic nitrogens is 2. The maximum Gasteiger partial charge on any atom is 0.228 e. The normalized spacial score (nSPS) is 24.6. The molecule has 150 valence electrons. The third-order valence-corrected chi connectivity index (χ3v) is 6.21. The van der Waals surface area contributed by atoms with Crippen molar-refractivity contribution < 1.29 is 14.4 Å². The molecular formula is C20H27N5O3. The number of carbonyl (C=O) groups is 3. The van der Waals surface area contributed by atoms with Crippen LogP contribution in [0.3, 0.4) is 0 Å². The zero-order valence-electron chi connectivity index (χ0n) is 16.6. The number of hydrogen-bond acceptors (Lipinski definition) is 5. The molecule has 3 aliphatic heterocycles. The Morgan fingerprint density at radius 2 is 2.04 bits per heavy atom. The Balaban J connectivity index is 1.40. The summed E-state index contributed by atoms with van der Waals surface area (Å²) >= 11 is 0. The molecule has 2 fully saturated rings. The van der Waals surface area contributed by atoms with E-state index in [1.165, 1.54) is 0 Å². The third kappa shape index (κ3) is 3.47. The second kappa shape index (κ2) is 7.48. The van der Waals surface area contributed by atoms with Crippen LogP contribution in [0.5, 0.6) is 0 Å². The monoisotopic (exact) mass is 385 g/mol. The van der Waals surface area contributed by atoms with Crippen LogP contribution in [0.1, 0.15) is 49.7 Å². The van der Waals surface area contributed by atoms with Gasteiger partial charge < -0.3 is 14.7 Å². The molecule has 3 amide bonds. The summed E-state index contributed by atoms with van der Waals surface area (Å²) in [7, 11) is 0. The minimum Gasteiger partial charge on any atom is -0.342 e. The van der Waals surface area contributed by atoms with Crippen LogP contribution in [-0.4, -0.2) is 75.1 Å². The minimum atomic E-state index is -0.215. The van der Waals surface area contributed by atoms with E-state index in [0.29, 0.717) is 45.7 Å². The highest BCUT2D eigenvalue weighted by atomic mass is 16.2. The average molecular weight is 385 g/mol. The molecule has 1 aromatic heterocycles. The van der Waals surface area contributed by atoms with Crippen LogP contribution in [0.2, 0.25) is 0 Å². The molecule has 0 aromatic carbocycles. The molecule has 1 aromatic rings. The number of carbonyl (C=O) groups excluding carboxylic acids is 3. The van der Waals surface area contributed by atoms with E-state index in [0.717, 1.165) is 29.9 Å². The number of fused-ring (bicyclic) bond motifs is 1. The van der Waals surface area contributed by atoms with Gasteiger partial charge in [0.25, 0.3) is 0 Å². The van der Waals surface area contributed by atoms with Gasteiger partial charge in [0, 0.05) is 76.7 Å². The Bertz CT molecular complexity index is 811. The second-order valence-corrected chi connectivity index (χ2v) is 7.99. The summed E-state index contributed by atoms with van der Waals surface area (Å²) in [4.78, 5) is 51.1. The molecule has 0 spiro atoms.